The highest BCUT2D eigenvalue weighted by atomic mass is 16.8. The highest BCUT2D eigenvalue weighted by molar-refractivity contribution is 5.03. The van der Waals surface area contributed by atoms with E-state index in [0.29, 0.717) is 6.42 Å². The van der Waals surface area contributed by atoms with E-state index in [-0.39, 0.29) is 19.6 Å². The molecule has 10 N–H and O–H groups in total. The summed E-state index contributed by atoms with van der Waals surface area (Å²) in [4.78, 5) is 0. The minimum Gasteiger partial charge on any atom is -0.394 e. The topological polar surface area (TPSA) is 285 Å². The third-order valence-corrected chi connectivity index (χ3v) is 11.3. The molecule has 0 aromatic heterocycles. The predicted octanol–water partition coefficient (Wildman–Crippen LogP) is -3.76. The Bertz CT molecular complexity index is 1140. The minimum absolute atomic E-state index is 0.0188. The summed E-state index contributed by atoms with van der Waals surface area (Å²) < 4.78 is 52.7. The number of rotatable bonds is 17. The van der Waals surface area contributed by atoms with Crippen molar-refractivity contribution in [2.24, 2.45) is 0 Å². The summed E-state index contributed by atoms with van der Waals surface area (Å²) >= 11 is 0. The number of hydrogen-bond acceptors (Lipinski definition) is 19. The van der Waals surface area contributed by atoms with Gasteiger partial charge in [-0.2, -0.15) is 0 Å². The first-order chi connectivity index (χ1) is 25.4. The van der Waals surface area contributed by atoms with Crippen LogP contribution in [0.2, 0.25) is 0 Å². The number of ether oxygens (including phenoxy) is 9. The molecule has 0 aliphatic carbocycles. The van der Waals surface area contributed by atoms with Crippen molar-refractivity contribution in [1.29, 1.82) is 0 Å². The molecule has 20 atom stereocenters. The van der Waals surface area contributed by atoms with Gasteiger partial charge in [0.25, 0.3) is 0 Å². The fraction of sp³-hybridized carbons (Fsp3) is 1.00. The molecule has 19 nitrogen and oxygen atoms in total. The number of unbranched alkanes of at least 4 members (excludes halogenated alkanes) is 7. The van der Waals surface area contributed by atoms with Gasteiger partial charge in [0.15, 0.2) is 24.7 Å². The zero-order chi connectivity index (χ0) is 38.0. The zero-order valence-electron chi connectivity index (χ0n) is 29.8. The molecular formula is C34H58O19. The standard InChI is InChI=1S/C34H58O19/c1-2-3-4-5-6-7-8-9-10-34(30(43)21(39)19(37)16(12-36)52-34)53-26-18-14-46-29(26)24(42)33(49-18)51-27-20(38)15(11-35)48-32(23(27)41)50-25-17-13-45-28(25)22(40)31(44)47-17/h15-33,35-44H,2-14H2,1H3/t15-,16-,17+,18+,19+,20-,21+,22+,23-,24+,25+,26+,27+,28+,29+,30-,31-,32+,33+,34+/m1/s1. The summed E-state index contributed by atoms with van der Waals surface area (Å²) in [6.45, 7) is 0.643. The lowest BCUT2D eigenvalue weighted by molar-refractivity contribution is -0.400. The summed E-state index contributed by atoms with van der Waals surface area (Å²) in [5.74, 6) is -1.92. The molecule has 6 aliphatic heterocycles. The van der Waals surface area contributed by atoms with Crippen LogP contribution < -0.4 is 0 Å². The Kier molecular flexibility index (Phi) is 14.4. The van der Waals surface area contributed by atoms with Gasteiger partial charge in [-0.15, -0.1) is 0 Å². The van der Waals surface area contributed by atoms with Crippen LogP contribution in [0.15, 0.2) is 0 Å². The summed E-state index contributed by atoms with van der Waals surface area (Å²) in [7, 11) is 0. The fourth-order valence-electron chi connectivity index (χ4n) is 8.23. The van der Waals surface area contributed by atoms with Gasteiger partial charge in [0.2, 0.25) is 0 Å². The van der Waals surface area contributed by atoms with Crippen LogP contribution in [0.3, 0.4) is 0 Å². The van der Waals surface area contributed by atoms with Crippen molar-refractivity contribution in [1.82, 2.24) is 0 Å². The maximum Gasteiger partial charge on any atom is 0.198 e. The third-order valence-electron chi connectivity index (χ3n) is 11.3. The van der Waals surface area contributed by atoms with Crippen molar-refractivity contribution < 1.29 is 93.7 Å². The van der Waals surface area contributed by atoms with Gasteiger partial charge in [0, 0.05) is 6.42 Å². The molecule has 0 saturated carbocycles. The van der Waals surface area contributed by atoms with E-state index in [2.05, 4.69) is 6.92 Å². The monoisotopic (exact) mass is 770 g/mol. The Morgan fingerprint density at radius 3 is 1.81 bits per heavy atom. The van der Waals surface area contributed by atoms with Crippen molar-refractivity contribution >= 4 is 0 Å². The molecular weight excluding hydrogens is 712 g/mol. The van der Waals surface area contributed by atoms with Gasteiger partial charge < -0.3 is 93.7 Å². The fourth-order valence-corrected chi connectivity index (χ4v) is 8.23. The van der Waals surface area contributed by atoms with Crippen LogP contribution in [0.25, 0.3) is 0 Å². The molecule has 308 valence electrons. The second-order valence-corrected chi connectivity index (χ2v) is 15.0. The van der Waals surface area contributed by atoms with Gasteiger partial charge in [-0.25, -0.2) is 0 Å². The Labute approximate surface area is 307 Å². The number of aliphatic hydroxyl groups is 10. The van der Waals surface area contributed by atoms with Crippen molar-refractivity contribution in [3.8, 4) is 0 Å². The minimum atomic E-state index is -1.92. The summed E-state index contributed by atoms with van der Waals surface area (Å²) in [5.41, 5.74) is 0. The van der Waals surface area contributed by atoms with E-state index in [1.807, 2.05) is 0 Å². The van der Waals surface area contributed by atoms with Gasteiger partial charge in [-0.1, -0.05) is 51.9 Å². The molecule has 0 radical (unpaired) electrons. The first-order valence-electron chi connectivity index (χ1n) is 19.0. The normalized spacial score (nSPS) is 49.8. The van der Waals surface area contributed by atoms with Gasteiger partial charge in [0.1, 0.15) is 97.7 Å². The smallest absolute Gasteiger partial charge is 0.198 e. The second kappa shape index (κ2) is 18.2. The molecule has 6 aliphatic rings. The van der Waals surface area contributed by atoms with Gasteiger partial charge >= 0.3 is 0 Å². The Morgan fingerprint density at radius 1 is 0.566 bits per heavy atom. The predicted molar refractivity (Wildman–Crippen MR) is 173 cm³/mol. The number of aliphatic hydroxyl groups excluding tert-OH is 10. The molecule has 53 heavy (non-hydrogen) atoms. The first-order valence-corrected chi connectivity index (χ1v) is 19.0. The van der Waals surface area contributed by atoms with E-state index in [1.54, 1.807) is 0 Å². The molecule has 0 amide bonds. The largest absolute Gasteiger partial charge is 0.394 e. The number of fused-ring (bicyclic) bond motifs is 4. The summed E-state index contributed by atoms with van der Waals surface area (Å²) in [6.07, 6.45) is -18.4. The molecule has 6 rings (SSSR count). The Morgan fingerprint density at radius 2 is 1.15 bits per heavy atom. The van der Waals surface area contributed by atoms with Crippen molar-refractivity contribution in [3.63, 3.8) is 0 Å². The summed E-state index contributed by atoms with van der Waals surface area (Å²) in [5, 5.41) is 107. The summed E-state index contributed by atoms with van der Waals surface area (Å²) in [6, 6.07) is 0. The maximum atomic E-state index is 11.5. The van der Waals surface area contributed by atoms with Crippen LogP contribution in [0.5, 0.6) is 0 Å². The van der Waals surface area contributed by atoms with Crippen molar-refractivity contribution in [3.05, 3.63) is 0 Å². The third kappa shape index (κ3) is 8.59. The average Bonchev–Trinajstić information content (AvgIpc) is 3.63. The molecule has 0 aromatic rings. The zero-order valence-corrected chi connectivity index (χ0v) is 29.8. The first kappa shape index (κ1) is 41.9. The van der Waals surface area contributed by atoms with Crippen LogP contribution in [-0.2, 0) is 42.6 Å². The van der Waals surface area contributed by atoms with Crippen LogP contribution in [0.1, 0.15) is 64.7 Å². The van der Waals surface area contributed by atoms with Crippen LogP contribution >= 0.6 is 0 Å². The lowest BCUT2D eigenvalue weighted by Crippen LogP contribution is -2.69. The molecule has 6 heterocycles. The molecule has 4 bridgehead atoms. The quantitative estimate of drug-likeness (QED) is 0.0636. The average molecular weight is 771 g/mol. The Hall–Kier alpha value is -0.760. The van der Waals surface area contributed by atoms with Gasteiger partial charge in [0.05, 0.1) is 26.4 Å². The van der Waals surface area contributed by atoms with Crippen LogP contribution in [-0.4, -0.2) is 200 Å². The van der Waals surface area contributed by atoms with Crippen LogP contribution in [0.4, 0.5) is 0 Å². The maximum absolute atomic E-state index is 11.5. The Balaban J connectivity index is 1.12. The lowest BCUT2D eigenvalue weighted by atomic mass is 9.88. The molecule has 6 saturated heterocycles. The van der Waals surface area contributed by atoms with E-state index in [9.17, 15) is 51.1 Å². The number of hydrogen-bond donors (Lipinski definition) is 10. The molecule has 0 unspecified atom stereocenters. The van der Waals surface area contributed by atoms with E-state index < -0.39 is 136 Å². The van der Waals surface area contributed by atoms with E-state index in [0.717, 1.165) is 38.5 Å². The van der Waals surface area contributed by atoms with E-state index >= 15 is 0 Å². The highest BCUT2D eigenvalue weighted by Gasteiger charge is 2.61. The van der Waals surface area contributed by atoms with Gasteiger partial charge in [-0.05, 0) is 6.42 Å². The van der Waals surface area contributed by atoms with Gasteiger partial charge in [-0.3, -0.25) is 0 Å². The second-order valence-electron chi connectivity index (χ2n) is 15.0. The SMILES string of the molecule is CCCCCCCCCC[C@@]1(O[C@@H]2[C@H]3OC[C@@H]2O[C@@H](O[C@@H]2[C@@H](O)[C@H](O[C@@H]4[C@H]5OC[C@@H]4O[C@@H](O)[C@H]5O)O[C@H](CO)[C@H]2O)[C@H]3O)O[C@H](CO)[C@H](O)[C@H](O)[C@H]1O. The van der Waals surface area contributed by atoms with Crippen molar-refractivity contribution in [2.45, 2.75) is 187 Å². The molecule has 6 fully saturated rings. The molecule has 0 aromatic carbocycles. The lowest BCUT2D eigenvalue weighted by Gasteiger charge is -2.51. The van der Waals surface area contributed by atoms with E-state index in [1.165, 1.54) is 6.42 Å². The van der Waals surface area contributed by atoms with E-state index in [4.69, 9.17) is 42.6 Å². The molecule has 19 heteroatoms. The highest BCUT2D eigenvalue weighted by Crippen LogP contribution is 2.43. The van der Waals surface area contributed by atoms with Crippen molar-refractivity contribution in [2.75, 3.05) is 26.4 Å². The molecule has 0 spiro atoms. The van der Waals surface area contributed by atoms with Crippen LogP contribution in [0, 0.1) is 0 Å².